The zero-order valence-corrected chi connectivity index (χ0v) is 10.8. The molecule has 0 aliphatic heterocycles. The van der Waals surface area contributed by atoms with E-state index in [1.807, 2.05) is 6.07 Å². The number of halogens is 2. The Balaban J connectivity index is 2.50. The predicted octanol–water partition coefficient (Wildman–Crippen LogP) is 3.32. The molecule has 3 nitrogen and oxygen atoms in total. The number of hydrogen-bond acceptors (Lipinski definition) is 3. The monoisotopic (exact) mass is 274 g/mol. The number of hydrogen-bond donors (Lipinski definition) is 0. The van der Waals surface area contributed by atoms with Gasteiger partial charge in [-0.3, -0.25) is 0 Å². The van der Waals surface area contributed by atoms with E-state index in [-0.39, 0.29) is 12.2 Å². The predicted molar refractivity (Wildman–Crippen MR) is 67.3 cm³/mol. The molecule has 0 saturated carbocycles. The van der Waals surface area contributed by atoms with Crippen molar-refractivity contribution >= 4 is 29.2 Å². The van der Waals surface area contributed by atoms with Gasteiger partial charge in [0.05, 0.1) is 0 Å². The molecule has 0 atom stereocenters. The molecule has 1 aromatic rings. The van der Waals surface area contributed by atoms with Gasteiger partial charge in [-0.05, 0) is 19.1 Å². The lowest BCUT2D eigenvalue weighted by Gasteiger charge is -2.20. The molecule has 0 amide bonds. The van der Waals surface area contributed by atoms with Gasteiger partial charge >= 0.3 is 5.97 Å². The van der Waals surface area contributed by atoms with Crippen LogP contribution in [0.5, 0.6) is 5.75 Å². The number of carbonyl (C=O) groups is 1. The summed E-state index contributed by atoms with van der Waals surface area (Å²) in [5.41, 5.74) is 0.218. The Labute approximate surface area is 110 Å². The molecule has 0 radical (unpaired) electrons. The molecule has 0 spiro atoms. The van der Waals surface area contributed by atoms with Crippen LogP contribution in [-0.2, 0) is 9.53 Å². The first-order valence-corrected chi connectivity index (χ1v) is 5.61. The average Bonchev–Trinajstić information content (AvgIpc) is 2.27. The summed E-state index contributed by atoms with van der Waals surface area (Å²) in [5.74, 6) is -0.0730. The summed E-state index contributed by atoms with van der Waals surface area (Å²) in [5, 5.41) is 0. The van der Waals surface area contributed by atoms with E-state index in [0.717, 1.165) is 0 Å². The van der Waals surface area contributed by atoms with Crippen LogP contribution in [0.25, 0.3) is 0 Å². The molecule has 0 aromatic heterocycles. The van der Waals surface area contributed by atoms with Crippen molar-refractivity contribution < 1.29 is 14.3 Å². The Morgan fingerprint density at radius 3 is 2.47 bits per heavy atom. The van der Waals surface area contributed by atoms with Crippen LogP contribution < -0.4 is 4.74 Å². The third-order valence-corrected chi connectivity index (χ3v) is 2.11. The maximum atomic E-state index is 11.2. The highest BCUT2D eigenvalue weighted by atomic mass is 35.5. The maximum Gasteiger partial charge on any atom is 0.335 e. The maximum absolute atomic E-state index is 11.2. The fourth-order valence-corrected chi connectivity index (χ4v) is 1.19. The second-order valence-corrected chi connectivity index (χ2v) is 4.82. The van der Waals surface area contributed by atoms with Crippen LogP contribution in [0, 0.1) is 0 Å². The van der Waals surface area contributed by atoms with Crippen LogP contribution >= 0.6 is 23.2 Å². The zero-order chi connectivity index (χ0) is 12.9. The van der Waals surface area contributed by atoms with E-state index >= 15 is 0 Å². The Kier molecular flexibility index (Phi) is 4.85. The van der Waals surface area contributed by atoms with Gasteiger partial charge in [0.25, 0.3) is 4.52 Å². The van der Waals surface area contributed by atoms with Crippen LogP contribution in [0.2, 0.25) is 0 Å². The number of esters is 1. The molecule has 92 valence electrons. The van der Waals surface area contributed by atoms with Gasteiger partial charge in [0.2, 0.25) is 0 Å². The quantitative estimate of drug-likeness (QED) is 0.470. The van der Waals surface area contributed by atoms with Crippen LogP contribution in [0.4, 0.5) is 0 Å². The first kappa shape index (κ1) is 13.9. The summed E-state index contributed by atoms with van der Waals surface area (Å²) >= 11 is 11.6. The van der Waals surface area contributed by atoms with Crippen LogP contribution in [0.15, 0.2) is 42.5 Å². The molecular weight excluding hydrogens is 263 g/mol. The lowest BCUT2D eigenvalue weighted by molar-refractivity contribution is -0.143. The highest BCUT2D eigenvalue weighted by molar-refractivity contribution is 6.47. The molecule has 0 aliphatic carbocycles. The van der Waals surface area contributed by atoms with E-state index in [4.69, 9.17) is 32.7 Å². The molecule has 17 heavy (non-hydrogen) atoms. The topological polar surface area (TPSA) is 35.5 Å². The molecule has 0 aliphatic rings. The largest absolute Gasteiger partial charge is 0.487 e. The Morgan fingerprint density at radius 1 is 1.35 bits per heavy atom. The standard InChI is InChI=1S/C12H12Cl2O3/c1-9(2)11(15)17-12(13,14)8-16-10-6-4-3-5-7-10/h3-7H,1,8H2,2H3. The van der Waals surface area contributed by atoms with Crippen molar-refractivity contribution in [2.75, 3.05) is 6.61 Å². The number of benzene rings is 1. The average molecular weight is 275 g/mol. The molecule has 0 N–H and O–H groups in total. The SMILES string of the molecule is C=C(C)C(=O)OC(Cl)(Cl)COc1ccccc1. The second kappa shape index (κ2) is 5.94. The lowest BCUT2D eigenvalue weighted by atomic mass is 10.3. The van der Waals surface area contributed by atoms with E-state index in [0.29, 0.717) is 5.75 Å². The number of para-hydroxylation sites is 1. The summed E-state index contributed by atoms with van der Waals surface area (Å²) < 4.78 is 8.34. The van der Waals surface area contributed by atoms with Crippen LogP contribution in [0.3, 0.4) is 0 Å². The van der Waals surface area contributed by atoms with Gasteiger partial charge in [-0.2, -0.15) is 0 Å². The minimum atomic E-state index is -1.73. The first-order valence-electron chi connectivity index (χ1n) is 4.85. The van der Waals surface area contributed by atoms with E-state index in [1.165, 1.54) is 6.92 Å². The third kappa shape index (κ3) is 5.11. The first-order chi connectivity index (χ1) is 7.91. The summed E-state index contributed by atoms with van der Waals surface area (Å²) in [7, 11) is 0. The van der Waals surface area contributed by atoms with E-state index in [9.17, 15) is 4.79 Å². The summed E-state index contributed by atoms with van der Waals surface area (Å²) in [6, 6.07) is 8.94. The Morgan fingerprint density at radius 2 is 1.94 bits per heavy atom. The summed E-state index contributed by atoms with van der Waals surface area (Å²) in [6.07, 6.45) is 0. The van der Waals surface area contributed by atoms with Gasteiger partial charge in [-0.1, -0.05) is 48.0 Å². The molecule has 5 heteroatoms. The fraction of sp³-hybridized carbons (Fsp3) is 0.250. The van der Waals surface area contributed by atoms with Gasteiger partial charge in [0, 0.05) is 5.57 Å². The molecule has 1 rings (SSSR count). The minimum Gasteiger partial charge on any atom is -0.487 e. The van der Waals surface area contributed by atoms with Gasteiger partial charge in [0.15, 0.2) is 6.61 Å². The number of rotatable bonds is 5. The van der Waals surface area contributed by atoms with Crippen molar-refractivity contribution in [3.8, 4) is 5.75 Å². The molecular formula is C12H12Cl2O3. The van der Waals surface area contributed by atoms with Gasteiger partial charge in [-0.25, -0.2) is 4.79 Å². The van der Waals surface area contributed by atoms with Gasteiger partial charge < -0.3 is 9.47 Å². The normalized spacial score (nSPS) is 10.8. The van der Waals surface area contributed by atoms with Crippen molar-refractivity contribution in [2.24, 2.45) is 0 Å². The number of carbonyl (C=O) groups excluding carboxylic acids is 1. The minimum absolute atomic E-state index is 0.168. The summed E-state index contributed by atoms with van der Waals surface area (Å²) in [4.78, 5) is 11.2. The van der Waals surface area contributed by atoms with Crippen LogP contribution in [-0.4, -0.2) is 17.1 Å². The van der Waals surface area contributed by atoms with Crippen molar-refractivity contribution in [1.29, 1.82) is 0 Å². The van der Waals surface area contributed by atoms with E-state index in [2.05, 4.69) is 6.58 Å². The third-order valence-electron chi connectivity index (χ3n) is 1.74. The van der Waals surface area contributed by atoms with E-state index < -0.39 is 10.5 Å². The highest BCUT2D eigenvalue weighted by Crippen LogP contribution is 2.25. The van der Waals surface area contributed by atoms with E-state index in [1.54, 1.807) is 24.3 Å². The second-order valence-electron chi connectivity index (χ2n) is 3.41. The van der Waals surface area contributed by atoms with Gasteiger partial charge in [0.1, 0.15) is 5.75 Å². The van der Waals surface area contributed by atoms with Crippen molar-refractivity contribution in [3.05, 3.63) is 42.5 Å². The van der Waals surface area contributed by atoms with Crippen molar-refractivity contribution in [2.45, 2.75) is 11.4 Å². The van der Waals surface area contributed by atoms with Crippen molar-refractivity contribution in [1.82, 2.24) is 0 Å². The Bertz CT molecular complexity index is 401. The molecule has 0 heterocycles. The molecule has 0 bridgehead atoms. The van der Waals surface area contributed by atoms with Crippen molar-refractivity contribution in [3.63, 3.8) is 0 Å². The lowest BCUT2D eigenvalue weighted by Crippen LogP contribution is -2.30. The smallest absolute Gasteiger partial charge is 0.335 e. The highest BCUT2D eigenvalue weighted by Gasteiger charge is 2.30. The molecule has 0 unspecified atom stereocenters. The number of alkyl halides is 2. The fourth-order valence-electron chi connectivity index (χ4n) is 0.936. The van der Waals surface area contributed by atoms with Gasteiger partial charge in [-0.15, -0.1) is 0 Å². The Hall–Kier alpha value is -1.19. The molecule has 1 aromatic carbocycles. The molecule has 0 saturated heterocycles. The summed E-state index contributed by atoms with van der Waals surface area (Å²) in [6.45, 7) is 4.76. The zero-order valence-electron chi connectivity index (χ0n) is 9.28. The molecule has 0 fully saturated rings. The number of ether oxygens (including phenoxy) is 2. The van der Waals surface area contributed by atoms with Crippen LogP contribution in [0.1, 0.15) is 6.92 Å².